The number of halogens is 2. The van der Waals surface area contributed by atoms with Gasteiger partial charge in [0, 0.05) is 17.5 Å². The first-order valence-electron chi connectivity index (χ1n) is 7.39. The topological polar surface area (TPSA) is 86.6 Å². The number of amides is 1. The van der Waals surface area contributed by atoms with E-state index in [0.29, 0.717) is 18.9 Å². The molecule has 0 aliphatic heterocycles. The second-order valence-corrected chi connectivity index (χ2v) is 6.16. The van der Waals surface area contributed by atoms with Gasteiger partial charge in [-0.25, -0.2) is 8.78 Å². The van der Waals surface area contributed by atoms with Gasteiger partial charge in [-0.15, -0.1) is 0 Å². The second kappa shape index (κ2) is 6.62. The molecule has 1 aliphatic carbocycles. The second-order valence-electron chi connectivity index (χ2n) is 6.16. The summed E-state index contributed by atoms with van der Waals surface area (Å²) in [4.78, 5) is 23.0. The Hall–Kier alpha value is -2.02. The SMILES string of the molecule is CC(O)(CNC(=O)[C@@H]1CC[C@H](C(=O)O)C1)c1ccc(F)cc1F. The van der Waals surface area contributed by atoms with Gasteiger partial charge in [-0.2, -0.15) is 0 Å². The van der Waals surface area contributed by atoms with Crippen molar-refractivity contribution in [3.63, 3.8) is 0 Å². The van der Waals surface area contributed by atoms with Crippen LogP contribution in [-0.2, 0) is 15.2 Å². The van der Waals surface area contributed by atoms with Gasteiger partial charge in [0.1, 0.15) is 17.2 Å². The van der Waals surface area contributed by atoms with E-state index < -0.39 is 35.0 Å². The van der Waals surface area contributed by atoms with Crippen LogP contribution >= 0.6 is 0 Å². The number of benzene rings is 1. The molecule has 1 aliphatic rings. The Bertz CT molecular complexity index is 618. The Morgan fingerprint density at radius 2 is 1.96 bits per heavy atom. The van der Waals surface area contributed by atoms with Crippen LogP contribution in [0.2, 0.25) is 0 Å². The molecule has 3 N–H and O–H groups in total. The lowest BCUT2D eigenvalue weighted by atomic mass is 9.95. The number of carbonyl (C=O) groups excluding carboxylic acids is 1. The van der Waals surface area contributed by atoms with Crippen LogP contribution < -0.4 is 5.32 Å². The summed E-state index contributed by atoms with van der Waals surface area (Å²) in [5, 5.41) is 21.8. The van der Waals surface area contributed by atoms with E-state index in [-0.39, 0.29) is 24.4 Å². The van der Waals surface area contributed by atoms with Crippen LogP contribution in [0.25, 0.3) is 0 Å². The lowest BCUT2D eigenvalue weighted by Crippen LogP contribution is -2.41. The zero-order valence-corrected chi connectivity index (χ0v) is 12.7. The number of hydrogen-bond acceptors (Lipinski definition) is 3. The average Bonchev–Trinajstić information content (AvgIpc) is 2.94. The quantitative estimate of drug-likeness (QED) is 0.769. The number of rotatable bonds is 5. The number of carboxylic acid groups (broad SMARTS) is 1. The number of carboxylic acids is 1. The lowest BCUT2D eigenvalue weighted by Gasteiger charge is -2.25. The third-order valence-electron chi connectivity index (χ3n) is 4.27. The molecule has 0 spiro atoms. The fourth-order valence-corrected chi connectivity index (χ4v) is 2.87. The van der Waals surface area contributed by atoms with Crippen LogP contribution in [0.5, 0.6) is 0 Å². The van der Waals surface area contributed by atoms with E-state index in [1.54, 1.807) is 0 Å². The maximum atomic E-state index is 13.7. The third kappa shape index (κ3) is 4.04. The fourth-order valence-electron chi connectivity index (χ4n) is 2.87. The first-order chi connectivity index (χ1) is 10.7. The maximum Gasteiger partial charge on any atom is 0.306 e. The maximum absolute atomic E-state index is 13.7. The van der Waals surface area contributed by atoms with Crippen molar-refractivity contribution in [2.75, 3.05) is 6.54 Å². The van der Waals surface area contributed by atoms with Gasteiger partial charge in [0.2, 0.25) is 5.91 Å². The lowest BCUT2D eigenvalue weighted by molar-refractivity contribution is -0.141. The van der Waals surface area contributed by atoms with Crippen LogP contribution in [0.4, 0.5) is 8.78 Å². The predicted molar refractivity (Wildman–Crippen MR) is 77.4 cm³/mol. The van der Waals surface area contributed by atoms with Gasteiger partial charge in [-0.3, -0.25) is 9.59 Å². The van der Waals surface area contributed by atoms with Crippen molar-refractivity contribution in [3.8, 4) is 0 Å². The molecule has 1 amide bonds. The van der Waals surface area contributed by atoms with Crippen molar-refractivity contribution in [3.05, 3.63) is 35.4 Å². The van der Waals surface area contributed by atoms with E-state index in [1.165, 1.54) is 6.92 Å². The van der Waals surface area contributed by atoms with E-state index >= 15 is 0 Å². The minimum atomic E-state index is -1.70. The van der Waals surface area contributed by atoms with Crippen LogP contribution in [0.15, 0.2) is 18.2 Å². The number of nitrogens with one attached hydrogen (secondary N) is 1. The molecule has 2 rings (SSSR count). The summed E-state index contributed by atoms with van der Waals surface area (Å²) in [7, 11) is 0. The first kappa shape index (κ1) is 17.3. The molecule has 126 valence electrons. The normalized spacial score (nSPS) is 23.3. The molecule has 1 fully saturated rings. The molecule has 0 aromatic heterocycles. The van der Waals surface area contributed by atoms with Crippen molar-refractivity contribution >= 4 is 11.9 Å². The third-order valence-corrected chi connectivity index (χ3v) is 4.27. The zero-order chi connectivity index (χ0) is 17.2. The molecule has 1 aromatic carbocycles. The number of aliphatic carboxylic acids is 1. The van der Waals surface area contributed by atoms with Crippen molar-refractivity contribution in [1.82, 2.24) is 5.32 Å². The number of carbonyl (C=O) groups is 2. The molecule has 0 heterocycles. The van der Waals surface area contributed by atoms with Crippen LogP contribution in [0.1, 0.15) is 31.7 Å². The van der Waals surface area contributed by atoms with Crippen molar-refractivity contribution < 1.29 is 28.6 Å². The summed E-state index contributed by atoms with van der Waals surface area (Å²) in [6.07, 6.45) is 1.17. The van der Waals surface area contributed by atoms with Crippen molar-refractivity contribution in [2.45, 2.75) is 31.8 Å². The molecule has 7 heteroatoms. The number of aliphatic hydroxyl groups is 1. The smallest absolute Gasteiger partial charge is 0.306 e. The summed E-state index contributed by atoms with van der Waals surface area (Å²) in [6.45, 7) is 1.07. The van der Waals surface area contributed by atoms with Crippen molar-refractivity contribution in [2.24, 2.45) is 11.8 Å². The van der Waals surface area contributed by atoms with Crippen LogP contribution in [0.3, 0.4) is 0 Å². The monoisotopic (exact) mass is 327 g/mol. The van der Waals surface area contributed by atoms with E-state index in [1.807, 2.05) is 0 Å². The Labute approximate surface area is 132 Å². The molecule has 0 saturated heterocycles. The van der Waals surface area contributed by atoms with Gasteiger partial charge in [-0.05, 0) is 32.3 Å². The highest BCUT2D eigenvalue weighted by Gasteiger charge is 2.35. The molecule has 5 nitrogen and oxygen atoms in total. The van der Waals surface area contributed by atoms with Crippen molar-refractivity contribution in [1.29, 1.82) is 0 Å². The van der Waals surface area contributed by atoms with E-state index in [9.17, 15) is 23.5 Å². The predicted octanol–water partition coefficient (Wildman–Crippen LogP) is 1.79. The molecular formula is C16H19F2NO4. The minimum Gasteiger partial charge on any atom is -0.481 e. The Morgan fingerprint density at radius 1 is 1.30 bits per heavy atom. The molecule has 0 bridgehead atoms. The molecular weight excluding hydrogens is 308 g/mol. The van der Waals surface area contributed by atoms with E-state index in [4.69, 9.17) is 5.11 Å². The Morgan fingerprint density at radius 3 is 2.52 bits per heavy atom. The molecule has 3 atom stereocenters. The Balaban J connectivity index is 1.96. The summed E-state index contributed by atoms with van der Waals surface area (Å²) in [6, 6.07) is 2.83. The highest BCUT2D eigenvalue weighted by atomic mass is 19.1. The first-order valence-corrected chi connectivity index (χ1v) is 7.39. The van der Waals surface area contributed by atoms with Gasteiger partial charge < -0.3 is 15.5 Å². The summed E-state index contributed by atoms with van der Waals surface area (Å²) in [5.41, 5.74) is -1.81. The van der Waals surface area contributed by atoms with Gasteiger partial charge in [0.25, 0.3) is 0 Å². The van der Waals surface area contributed by atoms with E-state index in [2.05, 4.69) is 5.32 Å². The standard InChI is InChI=1S/C16H19F2NO4/c1-16(23,12-5-4-11(17)7-13(12)18)8-19-14(20)9-2-3-10(6-9)15(21)22/h4-5,7,9-10,23H,2-3,6,8H2,1H3,(H,19,20)(H,21,22)/t9-,10+,16?/m1/s1. The molecule has 23 heavy (non-hydrogen) atoms. The minimum absolute atomic E-state index is 0.117. The summed E-state index contributed by atoms with van der Waals surface area (Å²) < 4.78 is 26.7. The van der Waals surface area contributed by atoms with Gasteiger partial charge in [-0.1, -0.05) is 6.07 Å². The molecule has 1 aromatic rings. The van der Waals surface area contributed by atoms with Crippen LogP contribution in [0, 0.1) is 23.5 Å². The molecule has 1 unspecified atom stereocenters. The highest BCUT2D eigenvalue weighted by molar-refractivity contribution is 5.80. The Kier molecular flexibility index (Phi) is 4.99. The molecule has 1 saturated carbocycles. The van der Waals surface area contributed by atoms with Crippen LogP contribution in [-0.4, -0.2) is 28.6 Å². The average molecular weight is 327 g/mol. The zero-order valence-electron chi connectivity index (χ0n) is 12.7. The van der Waals surface area contributed by atoms with E-state index in [0.717, 1.165) is 12.1 Å². The largest absolute Gasteiger partial charge is 0.481 e. The van der Waals surface area contributed by atoms with Gasteiger partial charge in [0.15, 0.2) is 0 Å². The molecule has 0 radical (unpaired) electrons. The van der Waals surface area contributed by atoms with Gasteiger partial charge in [0.05, 0.1) is 12.5 Å². The van der Waals surface area contributed by atoms with Gasteiger partial charge >= 0.3 is 5.97 Å². The summed E-state index contributed by atoms with van der Waals surface area (Å²) >= 11 is 0. The summed E-state index contributed by atoms with van der Waals surface area (Å²) in [5.74, 6) is -3.88. The highest BCUT2D eigenvalue weighted by Crippen LogP contribution is 2.31. The fraction of sp³-hybridized carbons (Fsp3) is 0.500. The number of hydrogen-bond donors (Lipinski definition) is 3.